The second-order valence-electron chi connectivity index (χ2n) is 7.84. The number of halogens is 1. The van der Waals surface area contributed by atoms with Crippen LogP contribution in [0, 0.1) is 5.82 Å². The lowest BCUT2D eigenvalue weighted by atomic mass is 9.78. The Balaban J connectivity index is 1.44. The molecule has 0 aromatic heterocycles. The van der Waals surface area contributed by atoms with Gasteiger partial charge >= 0.3 is 0 Å². The molecule has 2 aromatic carbocycles. The molecule has 1 N–H and O–H groups in total. The van der Waals surface area contributed by atoms with E-state index >= 15 is 0 Å². The molecule has 0 atom stereocenters. The van der Waals surface area contributed by atoms with E-state index in [9.17, 15) is 9.18 Å². The Hall–Kier alpha value is -2.36. The van der Waals surface area contributed by atoms with Crippen LogP contribution in [0.5, 0.6) is 0 Å². The van der Waals surface area contributed by atoms with Crippen molar-refractivity contribution in [2.45, 2.75) is 50.5 Å². The number of nitrogens with zero attached hydrogens (tertiary/aromatic N) is 1. The number of carbonyl (C=O) groups is 1. The molecule has 0 unspecified atom stereocenters. The minimum atomic E-state index is -0.586. The van der Waals surface area contributed by atoms with Gasteiger partial charge in [0.2, 0.25) is 5.91 Å². The normalized spacial score (nSPS) is 18.6. The number of benzene rings is 2. The van der Waals surface area contributed by atoms with Crippen LogP contribution in [0.1, 0.15) is 49.7 Å². The molecule has 1 saturated heterocycles. The first kappa shape index (κ1) is 18.0. The van der Waals surface area contributed by atoms with Gasteiger partial charge in [0.25, 0.3) is 0 Å². The summed E-state index contributed by atoms with van der Waals surface area (Å²) in [5, 5.41) is 3.11. The topological polar surface area (TPSA) is 32.3 Å². The van der Waals surface area contributed by atoms with E-state index in [1.54, 1.807) is 6.07 Å². The molecule has 2 aromatic rings. The zero-order chi connectivity index (χ0) is 18.7. The molecular weight excluding hydrogens is 339 g/mol. The van der Waals surface area contributed by atoms with E-state index < -0.39 is 5.41 Å². The Labute approximate surface area is 160 Å². The van der Waals surface area contributed by atoms with Gasteiger partial charge in [-0.3, -0.25) is 4.79 Å². The molecule has 4 rings (SSSR count). The van der Waals surface area contributed by atoms with Crippen LogP contribution in [0.3, 0.4) is 0 Å². The highest BCUT2D eigenvalue weighted by Crippen LogP contribution is 2.41. The average molecular weight is 366 g/mol. The summed E-state index contributed by atoms with van der Waals surface area (Å²) in [6, 6.07) is 15.0. The fourth-order valence-corrected chi connectivity index (χ4v) is 4.56. The van der Waals surface area contributed by atoms with Crippen LogP contribution < -0.4 is 10.2 Å². The molecule has 1 amide bonds. The first-order valence-electron chi connectivity index (χ1n) is 10.1. The standard InChI is InChI=1S/C23H27FN2O/c24-20-7-5-6-19(16-20)23(12-1-2-13-23)22(27)25-17-18-8-10-21(11-9-18)26-14-3-4-15-26/h5-11,16H,1-4,12-15,17H2,(H,25,27). The van der Waals surface area contributed by atoms with Crippen molar-refractivity contribution in [2.75, 3.05) is 18.0 Å². The first-order valence-corrected chi connectivity index (χ1v) is 10.1. The highest BCUT2D eigenvalue weighted by Gasteiger charge is 2.42. The van der Waals surface area contributed by atoms with Crippen LogP contribution in [0.15, 0.2) is 48.5 Å². The van der Waals surface area contributed by atoms with E-state index in [4.69, 9.17) is 0 Å². The molecule has 1 heterocycles. The maximum atomic E-state index is 13.7. The van der Waals surface area contributed by atoms with Crippen molar-refractivity contribution in [3.8, 4) is 0 Å². The van der Waals surface area contributed by atoms with Gasteiger partial charge in [0.15, 0.2) is 0 Å². The number of anilines is 1. The summed E-state index contributed by atoms with van der Waals surface area (Å²) in [6.07, 6.45) is 6.12. The maximum Gasteiger partial charge on any atom is 0.230 e. The Morgan fingerprint density at radius 2 is 1.70 bits per heavy atom. The molecule has 1 saturated carbocycles. The predicted molar refractivity (Wildman–Crippen MR) is 106 cm³/mol. The van der Waals surface area contributed by atoms with Crippen molar-refractivity contribution in [1.82, 2.24) is 5.32 Å². The molecule has 27 heavy (non-hydrogen) atoms. The molecule has 142 valence electrons. The second kappa shape index (κ2) is 7.71. The Kier molecular flexibility index (Phi) is 5.15. The van der Waals surface area contributed by atoms with E-state index in [-0.39, 0.29) is 11.7 Å². The van der Waals surface area contributed by atoms with Crippen LogP contribution in [-0.4, -0.2) is 19.0 Å². The van der Waals surface area contributed by atoms with Gasteiger partial charge in [-0.2, -0.15) is 0 Å². The summed E-state index contributed by atoms with van der Waals surface area (Å²) in [6.45, 7) is 2.77. The molecule has 0 radical (unpaired) electrons. The number of nitrogens with one attached hydrogen (secondary N) is 1. The molecule has 3 nitrogen and oxygen atoms in total. The van der Waals surface area contributed by atoms with Crippen LogP contribution >= 0.6 is 0 Å². The van der Waals surface area contributed by atoms with Crippen molar-refractivity contribution in [3.05, 3.63) is 65.5 Å². The third-order valence-electron chi connectivity index (χ3n) is 6.13. The number of hydrogen-bond donors (Lipinski definition) is 1. The summed E-state index contributed by atoms with van der Waals surface area (Å²) in [5.74, 6) is -0.252. The molecule has 1 aliphatic heterocycles. The average Bonchev–Trinajstić information content (AvgIpc) is 3.39. The van der Waals surface area contributed by atoms with E-state index in [1.807, 2.05) is 6.07 Å². The fraction of sp³-hybridized carbons (Fsp3) is 0.435. The second-order valence-corrected chi connectivity index (χ2v) is 7.84. The van der Waals surface area contributed by atoms with E-state index in [0.717, 1.165) is 49.9 Å². The lowest BCUT2D eigenvalue weighted by Crippen LogP contribution is -2.42. The highest BCUT2D eigenvalue weighted by atomic mass is 19.1. The van der Waals surface area contributed by atoms with Crippen molar-refractivity contribution < 1.29 is 9.18 Å². The third-order valence-corrected chi connectivity index (χ3v) is 6.13. The van der Waals surface area contributed by atoms with Gasteiger partial charge in [0.1, 0.15) is 5.82 Å². The van der Waals surface area contributed by atoms with Gasteiger partial charge in [0, 0.05) is 25.3 Å². The number of rotatable bonds is 5. The summed E-state index contributed by atoms with van der Waals surface area (Å²) < 4.78 is 13.7. The molecule has 2 fully saturated rings. The van der Waals surface area contributed by atoms with Gasteiger partial charge in [-0.25, -0.2) is 4.39 Å². The van der Waals surface area contributed by atoms with Gasteiger partial charge < -0.3 is 10.2 Å². The maximum absolute atomic E-state index is 13.7. The van der Waals surface area contributed by atoms with Crippen molar-refractivity contribution in [3.63, 3.8) is 0 Å². The van der Waals surface area contributed by atoms with Crippen LogP contribution in [-0.2, 0) is 16.8 Å². The number of amides is 1. The SMILES string of the molecule is O=C(NCc1ccc(N2CCCC2)cc1)C1(c2cccc(F)c2)CCCC1. The molecule has 0 spiro atoms. The Morgan fingerprint density at radius 3 is 2.37 bits per heavy atom. The number of hydrogen-bond acceptors (Lipinski definition) is 2. The fourth-order valence-electron chi connectivity index (χ4n) is 4.56. The zero-order valence-corrected chi connectivity index (χ0v) is 15.7. The molecule has 1 aliphatic carbocycles. The lowest BCUT2D eigenvalue weighted by Gasteiger charge is -2.28. The van der Waals surface area contributed by atoms with E-state index in [0.29, 0.717) is 6.54 Å². The number of carbonyl (C=O) groups excluding carboxylic acids is 1. The monoisotopic (exact) mass is 366 g/mol. The van der Waals surface area contributed by atoms with Crippen molar-refractivity contribution in [2.24, 2.45) is 0 Å². The predicted octanol–water partition coefficient (Wildman–Crippen LogP) is 4.55. The summed E-state index contributed by atoms with van der Waals surface area (Å²) in [7, 11) is 0. The van der Waals surface area contributed by atoms with Crippen molar-refractivity contribution in [1.29, 1.82) is 0 Å². The molecular formula is C23H27FN2O. The van der Waals surface area contributed by atoms with Gasteiger partial charge in [-0.1, -0.05) is 37.1 Å². The first-order chi connectivity index (χ1) is 13.2. The smallest absolute Gasteiger partial charge is 0.230 e. The molecule has 2 aliphatic rings. The quantitative estimate of drug-likeness (QED) is 0.842. The summed E-state index contributed by atoms with van der Waals surface area (Å²) in [5.41, 5.74) is 2.58. The van der Waals surface area contributed by atoms with Crippen molar-refractivity contribution >= 4 is 11.6 Å². The largest absolute Gasteiger partial charge is 0.372 e. The van der Waals surface area contributed by atoms with Crippen LogP contribution in [0.4, 0.5) is 10.1 Å². The lowest BCUT2D eigenvalue weighted by molar-refractivity contribution is -0.126. The van der Waals surface area contributed by atoms with Crippen LogP contribution in [0.2, 0.25) is 0 Å². The highest BCUT2D eigenvalue weighted by molar-refractivity contribution is 5.88. The minimum absolute atomic E-state index is 0.0224. The van der Waals surface area contributed by atoms with Gasteiger partial charge in [0.05, 0.1) is 5.41 Å². The summed E-state index contributed by atoms with van der Waals surface area (Å²) in [4.78, 5) is 15.5. The minimum Gasteiger partial charge on any atom is -0.372 e. The molecule has 4 heteroatoms. The Morgan fingerprint density at radius 1 is 1.00 bits per heavy atom. The van der Waals surface area contributed by atoms with E-state index in [1.165, 1.54) is 30.7 Å². The van der Waals surface area contributed by atoms with Gasteiger partial charge in [-0.15, -0.1) is 0 Å². The zero-order valence-electron chi connectivity index (χ0n) is 15.7. The molecule has 0 bridgehead atoms. The van der Waals surface area contributed by atoms with Gasteiger partial charge in [-0.05, 0) is 61.1 Å². The third kappa shape index (κ3) is 3.71. The summed E-state index contributed by atoms with van der Waals surface area (Å²) >= 11 is 0. The van der Waals surface area contributed by atoms with E-state index in [2.05, 4.69) is 34.5 Å². The Bertz CT molecular complexity index is 790. The van der Waals surface area contributed by atoms with Crippen LogP contribution in [0.25, 0.3) is 0 Å².